The molecule has 0 radical (unpaired) electrons. The van der Waals surface area contributed by atoms with E-state index in [2.05, 4.69) is 0 Å². The standard InChI is InChI=1S/C28H26O4/c1-17(29)19-10-13-22-20(16-19)12-14-23(31-5)25(22)26-21-9-7-6-8-18(21)11-15-24(26)32-27(30)28(2,3)4/h6-16H,1-5H3. The van der Waals surface area contributed by atoms with Gasteiger partial charge in [-0.15, -0.1) is 0 Å². The van der Waals surface area contributed by atoms with Crippen LogP contribution in [0.4, 0.5) is 0 Å². The highest BCUT2D eigenvalue weighted by Crippen LogP contribution is 2.45. The molecule has 0 saturated heterocycles. The average molecular weight is 427 g/mol. The minimum Gasteiger partial charge on any atom is -0.496 e. The molecule has 0 aliphatic carbocycles. The lowest BCUT2D eigenvalue weighted by Crippen LogP contribution is -2.25. The minimum absolute atomic E-state index is 0.00854. The highest BCUT2D eigenvalue weighted by molar-refractivity contribution is 6.11. The second-order valence-electron chi connectivity index (χ2n) is 8.93. The summed E-state index contributed by atoms with van der Waals surface area (Å²) in [5.74, 6) is 0.837. The number of ether oxygens (including phenoxy) is 2. The number of esters is 1. The molecule has 162 valence electrons. The number of Topliss-reactive ketones (excluding diaryl/α,β-unsaturated/α-hetero) is 1. The summed E-state index contributed by atoms with van der Waals surface area (Å²) in [6.07, 6.45) is 0. The van der Waals surface area contributed by atoms with E-state index in [0.29, 0.717) is 17.1 Å². The number of benzene rings is 4. The van der Waals surface area contributed by atoms with Crippen molar-refractivity contribution in [2.45, 2.75) is 27.7 Å². The van der Waals surface area contributed by atoms with Gasteiger partial charge in [-0.1, -0.05) is 48.5 Å². The van der Waals surface area contributed by atoms with Crippen molar-refractivity contribution in [2.75, 3.05) is 7.11 Å². The van der Waals surface area contributed by atoms with E-state index in [1.54, 1.807) is 14.0 Å². The molecule has 0 bridgehead atoms. The fraction of sp³-hybridized carbons (Fsp3) is 0.214. The predicted molar refractivity (Wildman–Crippen MR) is 129 cm³/mol. The van der Waals surface area contributed by atoms with Crippen molar-refractivity contribution in [3.8, 4) is 22.6 Å². The lowest BCUT2D eigenvalue weighted by molar-refractivity contribution is -0.142. The van der Waals surface area contributed by atoms with E-state index in [-0.39, 0.29) is 11.8 Å². The van der Waals surface area contributed by atoms with Gasteiger partial charge in [0, 0.05) is 16.7 Å². The largest absolute Gasteiger partial charge is 0.496 e. The monoisotopic (exact) mass is 426 g/mol. The maximum Gasteiger partial charge on any atom is 0.316 e. The molecule has 4 aromatic rings. The number of methoxy groups -OCH3 is 1. The van der Waals surface area contributed by atoms with Gasteiger partial charge in [0.15, 0.2) is 5.78 Å². The molecule has 4 nitrogen and oxygen atoms in total. The van der Waals surface area contributed by atoms with Crippen LogP contribution in [0.3, 0.4) is 0 Å². The van der Waals surface area contributed by atoms with Crippen molar-refractivity contribution in [1.29, 1.82) is 0 Å². The first-order chi connectivity index (χ1) is 15.2. The molecule has 0 heterocycles. The van der Waals surface area contributed by atoms with Gasteiger partial charge in [-0.3, -0.25) is 9.59 Å². The van der Waals surface area contributed by atoms with Crippen molar-refractivity contribution in [1.82, 2.24) is 0 Å². The fourth-order valence-corrected chi connectivity index (χ4v) is 3.80. The maximum absolute atomic E-state index is 12.8. The summed E-state index contributed by atoms with van der Waals surface area (Å²) in [6.45, 7) is 7.05. The van der Waals surface area contributed by atoms with Crippen LogP contribution in [0, 0.1) is 5.41 Å². The third kappa shape index (κ3) is 3.84. The number of carbonyl (C=O) groups is 2. The first-order valence-electron chi connectivity index (χ1n) is 10.6. The highest BCUT2D eigenvalue weighted by atomic mass is 16.5. The van der Waals surface area contributed by atoms with E-state index in [1.807, 2.05) is 87.5 Å². The zero-order valence-corrected chi connectivity index (χ0v) is 19.0. The fourth-order valence-electron chi connectivity index (χ4n) is 3.80. The van der Waals surface area contributed by atoms with Crippen LogP contribution in [0.1, 0.15) is 38.1 Å². The van der Waals surface area contributed by atoms with Crippen LogP contribution >= 0.6 is 0 Å². The second kappa shape index (κ2) is 8.12. The van der Waals surface area contributed by atoms with Gasteiger partial charge in [-0.05, 0) is 67.4 Å². The third-order valence-electron chi connectivity index (χ3n) is 5.56. The number of rotatable bonds is 4. The summed E-state index contributed by atoms with van der Waals surface area (Å²) >= 11 is 0. The van der Waals surface area contributed by atoms with Gasteiger partial charge < -0.3 is 9.47 Å². The highest BCUT2D eigenvalue weighted by Gasteiger charge is 2.26. The summed E-state index contributed by atoms with van der Waals surface area (Å²) in [5, 5.41) is 3.80. The number of ketones is 1. The Labute approximate surface area is 187 Å². The Morgan fingerprint density at radius 2 is 1.38 bits per heavy atom. The van der Waals surface area contributed by atoms with Crippen molar-refractivity contribution < 1.29 is 19.1 Å². The van der Waals surface area contributed by atoms with Crippen molar-refractivity contribution in [2.24, 2.45) is 5.41 Å². The molecule has 0 fully saturated rings. The van der Waals surface area contributed by atoms with Gasteiger partial charge in [0.1, 0.15) is 11.5 Å². The lowest BCUT2D eigenvalue weighted by atomic mass is 9.91. The zero-order chi connectivity index (χ0) is 23.0. The number of hydrogen-bond acceptors (Lipinski definition) is 4. The quantitative estimate of drug-likeness (QED) is 0.204. The van der Waals surface area contributed by atoms with Gasteiger partial charge in [0.2, 0.25) is 0 Å². The Hall–Kier alpha value is -3.66. The van der Waals surface area contributed by atoms with Gasteiger partial charge >= 0.3 is 5.97 Å². The van der Waals surface area contributed by atoms with Gasteiger partial charge in [-0.2, -0.15) is 0 Å². The average Bonchev–Trinajstić information content (AvgIpc) is 2.77. The van der Waals surface area contributed by atoms with Crippen LogP contribution < -0.4 is 9.47 Å². The summed E-state index contributed by atoms with van der Waals surface area (Å²) in [5.41, 5.74) is 1.61. The zero-order valence-electron chi connectivity index (χ0n) is 19.0. The van der Waals surface area contributed by atoms with Crippen molar-refractivity contribution in [3.05, 3.63) is 72.3 Å². The van der Waals surface area contributed by atoms with Crippen LogP contribution in [0.5, 0.6) is 11.5 Å². The van der Waals surface area contributed by atoms with E-state index in [9.17, 15) is 9.59 Å². The molecule has 0 N–H and O–H groups in total. The van der Waals surface area contributed by atoms with Gasteiger partial charge in [0.25, 0.3) is 0 Å². The molecular weight excluding hydrogens is 400 g/mol. The molecule has 0 amide bonds. The number of hydrogen-bond donors (Lipinski definition) is 0. The van der Waals surface area contributed by atoms with Crippen molar-refractivity contribution >= 4 is 33.3 Å². The van der Waals surface area contributed by atoms with Crippen LogP contribution in [-0.2, 0) is 4.79 Å². The van der Waals surface area contributed by atoms with E-state index in [0.717, 1.165) is 32.7 Å². The first kappa shape index (κ1) is 21.6. The Balaban J connectivity index is 2.08. The van der Waals surface area contributed by atoms with E-state index in [1.165, 1.54) is 0 Å². The normalized spacial score (nSPS) is 11.5. The summed E-state index contributed by atoms with van der Waals surface area (Å²) < 4.78 is 11.7. The van der Waals surface area contributed by atoms with Gasteiger partial charge in [0.05, 0.1) is 12.5 Å². The molecular formula is C28H26O4. The Bertz CT molecular complexity index is 1360. The molecule has 0 aromatic heterocycles. The number of fused-ring (bicyclic) bond motifs is 2. The molecule has 0 unspecified atom stereocenters. The molecule has 0 spiro atoms. The molecule has 32 heavy (non-hydrogen) atoms. The molecule has 4 heteroatoms. The molecule has 0 aliphatic heterocycles. The summed E-state index contributed by atoms with van der Waals surface area (Å²) in [6, 6.07) is 21.2. The SMILES string of the molecule is COc1ccc2cc(C(C)=O)ccc2c1-c1c(OC(=O)C(C)(C)C)ccc2ccccc12. The van der Waals surface area contributed by atoms with E-state index in [4.69, 9.17) is 9.47 Å². The number of carbonyl (C=O) groups excluding carboxylic acids is 2. The first-order valence-corrected chi connectivity index (χ1v) is 10.6. The summed E-state index contributed by atoms with van der Waals surface area (Å²) in [4.78, 5) is 24.7. The van der Waals surface area contributed by atoms with Crippen LogP contribution in [0.25, 0.3) is 32.7 Å². The van der Waals surface area contributed by atoms with Gasteiger partial charge in [-0.25, -0.2) is 0 Å². The second-order valence-corrected chi connectivity index (χ2v) is 8.93. The molecule has 4 rings (SSSR count). The Kier molecular flexibility index (Phi) is 5.47. The molecule has 0 atom stereocenters. The van der Waals surface area contributed by atoms with Crippen molar-refractivity contribution in [3.63, 3.8) is 0 Å². The Morgan fingerprint density at radius 1 is 0.750 bits per heavy atom. The summed E-state index contributed by atoms with van der Waals surface area (Å²) in [7, 11) is 1.63. The lowest BCUT2D eigenvalue weighted by Gasteiger charge is -2.21. The van der Waals surface area contributed by atoms with Crippen LogP contribution in [0.15, 0.2) is 66.7 Å². The minimum atomic E-state index is -0.651. The topological polar surface area (TPSA) is 52.6 Å². The van der Waals surface area contributed by atoms with E-state index >= 15 is 0 Å². The molecule has 0 aliphatic rings. The predicted octanol–water partition coefficient (Wildman–Crippen LogP) is 6.82. The van der Waals surface area contributed by atoms with Crippen LogP contribution in [-0.4, -0.2) is 18.9 Å². The third-order valence-corrected chi connectivity index (χ3v) is 5.56. The van der Waals surface area contributed by atoms with E-state index < -0.39 is 5.41 Å². The molecule has 4 aromatic carbocycles. The smallest absolute Gasteiger partial charge is 0.316 e. The molecule has 0 saturated carbocycles. The maximum atomic E-state index is 12.8. The van der Waals surface area contributed by atoms with Crippen LogP contribution in [0.2, 0.25) is 0 Å². The Morgan fingerprint density at radius 3 is 2.06 bits per heavy atom.